The van der Waals surface area contributed by atoms with Crippen LogP contribution in [0.1, 0.15) is 12.0 Å². The van der Waals surface area contributed by atoms with Crippen LogP contribution < -0.4 is 15.4 Å². The normalized spacial score (nSPS) is 14.6. The Labute approximate surface area is 160 Å². The lowest BCUT2D eigenvalue weighted by Gasteiger charge is -2.26. The highest BCUT2D eigenvalue weighted by molar-refractivity contribution is 5.99. The summed E-state index contributed by atoms with van der Waals surface area (Å²) in [5, 5.41) is 5.67. The van der Waals surface area contributed by atoms with Gasteiger partial charge in [0.05, 0.1) is 19.8 Å². The molecule has 144 valence electrons. The van der Waals surface area contributed by atoms with E-state index in [1.165, 1.54) is 0 Å². The van der Waals surface area contributed by atoms with E-state index in [0.29, 0.717) is 12.3 Å². The fourth-order valence-corrected chi connectivity index (χ4v) is 2.98. The molecule has 27 heavy (non-hydrogen) atoms. The summed E-state index contributed by atoms with van der Waals surface area (Å²) in [5.74, 6) is 0.755. The van der Waals surface area contributed by atoms with Gasteiger partial charge in [-0.05, 0) is 43.2 Å². The van der Waals surface area contributed by atoms with E-state index in [2.05, 4.69) is 15.5 Å². The number of aryl methyl sites for hydroxylation is 1. The van der Waals surface area contributed by atoms with Gasteiger partial charge in [-0.25, -0.2) is 4.79 Å². The molecular weight excluding hydrogens is 342 g/mol. The molecule has 1 fully saturated rings. The van der Waals surface area contributed by atoms with Crippen LogP contribution >= 0.6 is 0 Å². The Hall–Kier alpha value is -2.57. The molecule has 0 spiro atoms. The van der Waals surface area contributed by atoms with Crippen LogP contribution in [0.15, 0.2) is 48.5 Å². The standard InChI is InChI=1S/C21H27N3O3/c1-17-5-2-6-18(15-17)22-21(25)23-19-7-3-8-20(16-19)27-12-4-9-24-10-13-26-14-11-24/h2-3,5-8,15-16H,4,9-14H2,1H3,(H2,22,23,25). The third kappa shape index (κ3) is 6.58. The number of hydrogen-bond acceptors (Lipinski definition) is 4. The van der Waals surface area contributed by atoms with Crippen molar-refractivity contribution in [2.24, 2.45) is 0 Å². The Morgan fingerprint density at radius 3 is 2.52 bits per heavy atom. The number of carbonyl (C=O) groups excluding carboxylic acids is 1. The third-order valence-corrected chi connectivity index (χ3v) is 4.36. The number of carbonyl (C=O) groups is 1. The van der Waals surface area contributed by atoms with Crippen LogP contribution in [0.3, 0.4) is 0 Å². The number of hydrogen-bond donors (Lipinski definition) is 2. The molecule has 0 unspecified atom stereocenters. The molecule has 1 heterocycles. The van der Waals surface area contributed by atoms with Crippen LogP contribution in [0, 0.1) is 6.92 Å². The second-order valence-corrected chi connectivity index (χ2v) is 6.63. The Bertz CT molecular complexity index is 745. The van der Waals surface area contributed by atoms with E-state index >= 15 is 0 Å². The largest absolute Gasteiger partial charge is 0.493 e. The van der Waals surface area contributed by atoms with Gasteiger partial charge >= 0.3 is 6.03 Å². The predicted octanol–water partition coefficient (Wildman–Crippen LogP) is 3.74. The maximum Gasteiger partial charge on any atom is 0.323 e. The number of benzene rings is 2. The van der Waals surface area contributed by atoms with Crippen LogP contribution in [-0.2, 0) is 4.74 Å². The van der Waals surface area contributed by atoms with Crippen LogP contribution in [0.2, 0.25) is 0 Å². The highest BCUT2D eigenvalue weighted by Crippen LogP contribution is 2.18. The number of nitrogens with zero attached hydrogens (tertiary/aromatic N) is 1. The summed E-state index contributed by atoms with van der Waals surface area (Å²) in [7, 11) is 0. The number of urea groups is 1. The molecule has 0 atom stereocenters. The lowest BCUT2D eigenvalue weighted by atomic mass is 10.2. The maximum absolute atomic E-state index is 12.2. The first-order valence-corrected chi connectivity index (χ1v) is 9.37. The fourth-order valence-electron chi connectivity index (χ4n) is 2.98. The van der Waals surface area contributed by atoms with Crippen molar-refractivity contribution in [2.45, 2.75) is 13.3 Å². The molecule has 3 rings (SSSR count). The first-order chi connectivity index (χ1) is 13.2. The first-order valence-electron chi connectivity index (χ1n) is 9.37. The van der Waals surface area contributed by atoms with E-state index in [1.54, 1.807) is 0 Å². The van der Waals surface area contributed by atoms with Gasteiger partial charge < -0.3 is 20.1 Å². The molecule has 0 aromatic heterocycles. The molecule has 1 aliphatic heterocycles. The number of amides is 2. The Morgan fingerprint density at radius 2 is 1.78 bits per heavy atom. The molecule has 2 aromatic rings. The van der Waals surface area contributed by atoms with Gasteiger partial charge in [-0.3, -0.25) is 4.90 Å². The van der Waals surface area contributed by atoms with Crippen LogP contribution in [-0.4, -0.2) is 50.4 Å². The Kier molecular flexibility index (Phi) is 7.07. The van der Waals surface area contributed by atoms with Crippen molar-refractivity contribution in [3.8, 4) is 5.75 Å². The summed E-state index contributed by atoms with van der Waals surface area (Å²) >= 11 is 0. The summed E-state index contributed by atoms with van der Waals surface area (Å²) in [6, 6.07) is 14.9. The molecule has 2 N–H and O–H groups in total. The van der Waals surface area contributed by atoms with Crippen LogP contribution in [0.25, 0.3) is 0 Å². The molecule has 1 aliphatic rings. The molecule has 0 bridgehead atoms. The minimum Gasteiger partial charge on any atom is -0.493 e. The highest BCUT2D eigenvalue weighted by atomic mass is 16.5. The highest BCUT2D eigenvalue weighted by Gasteiger charge is 2.09. The number of nitrogens with one attached hydrogen (secondary N) is 2. The van der Waals surface area contributed by atoms with E-state index < -0.39 is 0 Å². The minimum atomic E-state index is -0.273. The van der Waals surface area contributed by atoms with Gasteiger partial charge in [0.25, 0.3) is 0 Å². The molecule has 2 aromatic carbocycles. The second kappa shape index (κ2) is 9.94. The first kappa shape index (κ1) is 19.2. The summed E-state index contributed by atoms with van der Waals surface area (Å²) in [5.41, 5.74) is 2.56. The van der Waals surface area contributed by atoms with Gasteiger partial charge in [-0.1, -0.05) is 18.2 Å². The lowest BCUT2D eigenvalue weighted by molar-refractivity contribution is 0.0358. The second-order valence-electron chi connectivity index (χ2n) is 6.63. The molecule has 6 nitrogen and oxygen atoms in total. The lowest BCUT2D eigenvalue weighted by Crippen LogP contribution is -2.37. The molecule has 0 radical (unpaired) electrons. The predicted molar refractivity (Wildman–Crippen MR) is 108 cm³/mol. The van der Waals surface area contributed by atoms with E-state index in [9.17, 15) is 4.79 Å². The number of morpholine rings is 1. The van der Waals surface area contributed by atoms with E-state index in [0.717, 1.165) is 56.3 Å². The summed E-state index contributed by atoms with van der Waals surface area (Å²) in [6.45, 7) is 7.28. The molecule has 0 aliphatic carbocycles. The molecule has 6 heteroatoms. The van der Waals surface area contributed by atoms with Crippen molar-refractivity contribution in [3.63, 3.8) is 0 Å². The monoisotopic (exact) mass is 369 g/mol. The third-order valence-electron chi connectivity index (χ3n) is 4.36. The van der Waals surface area contributed by atoms with Gasteiger partial charge in [0.2, 0.25) is 0 Å². The average molecular weight is 369 g/mol. The molecule has 2 amide bonds. The fraction of sp³-hybridized carbons (Fsp3) is 0.381. The Balaban J connectivity index is 1.43. The summed E-state index contributed by atoms with van der Waals surface area (Å²) in [6.07, 6.45) is 0.964. The zero-order valence-electron chi connectivity index (χ0n) is 15.7. The number of anilines is 2. The summed E-state index contributed by atoms with van der Waals surface area (Å²) < 4.78 is 11.2. The van der Waals surface area contributed by atoms with Gasteiger partial charge in [-0.2, -0.15) is 0 Å². The number of rotatable bonds is 7. The molecule has 0 saturated carbocycles. The SMILES string of the molecule is Cc1cccc(NC(=O)Nc2cccc(OCCCN3CCOCC3)c2)c1. The van der Waals surface area contributed by atoms with Crippen LogP contribution in [0.4, 0.5) is 16.2 Å². The van der Waals surface area contributed by atoms with E-state index in [1.807, 2.05) is 55.5 Å². The minimum absolute atomic E-state index is 0.273. The topological polar surface area (TPSA) is 62.8 Å². The average Bonchev–Trinajstić information content (AvgIpc) is 2.66. The Morgan fingerprint density at radius 1 is 1.07 bits per heavy atom. The summed E-state index contributed by atoms with van der Waals surface area (Å²) in [4.78, 5) is 14.6. The van der Waals surface area contributed by atoms with Gasteiger partial charge in [0.1, 0.15) is 5.75 Å². The smallest absolute Gasteiger partial charge is 0.323 e. The zero-order chi connectivity index (χ0) is 18.9. The van der Waals surface area contributed by atoms with E-state index in [4.69, 9.17) is 9.47 Å². The van der Waals surface area contributed by atoms with Crippen molar-refractivity contribution >= 4 is 17.4 Å². The molecular formula is C21H27N3O3. The van der Waals surface area contributed by atoms with Crippen molar-refractivity contribution in [1.82, 2.24) is 4.90 Å². The van der Waals surface area contributed by atoms with E-state index in [-0.39, 0.29) is 6.03 Å². The van der Waals surface area contributed by atoms with Crippen molar-refractivity contribution in [1.29, 1.82) is 0 Å². The van der Waals surface area contributed by atoms with Gasteiger partial charge in [0.15, 0.2) is 0 Å². The van der Waals surface area contributed by atoms with Gasteiger partial charge in [0, 0.05) is 37.1 Å². The van der Waals surface area contributed by atoms with Crippen LogP contribution in [0.5, 0.6) is 5.75 Å². The van der Waals surface area contributed by atoms with Gasteiger partial charge in [-0.15, -0.1) is 0 Å². The maximum atomic E-state index is 12.2. The molecule has 1 saturated heterocycles. The van der Waals surface area contributed by atoms with Crippen molar-refractivity contribution in [2.75, 3.05) is 50.1 Å². The quantitative estimate of drug-likeness (QED) is 0.730. The van der Waals surface area contributed by atoms with Crippen molar-refractivity contribution < 1.29 is 14.3 Å². The zero-order valence-corrected chi connectivity index (χ0v) is 15.7. The van der Waals surface area contributed by atoms with Crippen molar-refractivity contribution in [3.05, 3.63) is 54.1 Å². The number of ether oxygens (including phenoxy) is 2.